The topological polar surface area (TPSA) is 71.3 Å². The minimum absolute atomic E-state index is 0.170. The van der Waals surface area contributed by atoms with Gasteiger partial charge < -0.3 is 10.6 Å². The van der Waals surface area contributed by atoms with Crippen molar-refractivity contribution in [2.45, 2.75) is 45.2 Å². The van der Waals surface area contributed by atoms with E-state index in [4.69, 9.17) is 16.6 Å². The number of aromatic nitrogens is 3. The van der Waals surface area contributed by atoms with Gasteiger partial charge in [0.25, 0.3) is 0 Å². The van der Waals surface area contributed by atoms with E-state index in [1.165, 1.54) is 6.42 Å². The zero-order valence-corrected chi connectivity index (χ0v) is 21.6. The van der Waals surface area contributed by atoms with Crippen molar-refractivity contribution < 1.29 is 4.79 Å². The van der Waals surface area contributed by atoms with Crippen LogP contribution in [0.1, 0.15) is 43.2 Å². The average Bonchev–Trinajstić information content (AvgIpc) is 3.27. The second-order valence-electron chi connectivity index (χ2n) is 8.96. The molecule has 0 radical (unpaired) electrons. The number of anilines is 1. The highest BCUT2D eigenvalue weighted by Crippen LogP contribution is 2.30. The lowest BCUT2D eigenvalue weighted by molar-refractivity contribution is -0.126. The minimum atomic E-state index is 0.170. The molecule has 1 aliphatic rings. The molecular weight excluding hydrogens is 526 g/mol. The Balaban J connectivity index is 1.31. The molecule has 2 aromatic heterocycles. The normalized spacial score (nSPS) is 14.2. The second-order valence-corrected chi connectivity index (χ2v) is 10.2. The Labute approximate surface area is 218 Å². The first-order valence-electron chi connectivity index (χ1n) is 12.0. The summed E-state index contributed by atoms with van der Waals surface area (Å²) in [6.45, 7) is 1.15. The van der Waals surface area contributed by atoms with Crippen LogP contribution in [0.2, 0.25) is 5.02 Å². The fourth-order valence-corrected chi connectivity index (χ4v) is 5.19. The van der Waals surface area contributed by atoms with Gasteiger partial charge in [-0.25, -0.2) is 4.98 Å². The molecule has 0 bridgehead atoms. The molecule has 4 aromatic rings. The van der Waals surface area contributed by atoms with Crippen LogP contribution in [0.4, 0.5) is 5.82 Å². The Morgan fingerprint density at radius 1 is 1.03 bits per heavy atom. The molecule has 0 spiro atoms. The number of halogens is 2. The van der Waals surface area contributed by atoms with Gasteiger partial charge >= 0.3 is 0 Å². The lowest BCUT2D eigenvalue weighted by Crippen LogP contribution is -2.31. The van der Waals surface area contributed by atoms with Crippen LogP contribution in [0.5, 0.6) is 0 Å². The van der Waals surface area contributed by atoms with Gasteiger partial charge in [0, 0.05) is 35.7 Å². The Kier molecular flexibility index (Phi) is 7.35. The Bertz CT molecular complexity index is 1350. The van der Waals surface area contributed by atoms with Crippen molar-refractivity contribution >= 4 is 44.9 Å². The number of hydrogen-bond acceptors (Lipinski definition) is 4. The molecule has 0 saturated heterocycles. The van der Waals surface area contributed by atoms with Gasteiger partial charge in [0.2, 0.25) is 5.91 Å². The molecule has 0 aliphatic heterocycles. The highest BCUT2D eigenvalue weighted by atomic mass is 79.9. The van der Waals surface area contributed by atoms with Gasteiger partial charge in [-0.15, -0.1) is 0 Å². The first kappa shape index (κ1) is 23.8. The van der Waals surface area contributed by atoms with Crippen molar-refractivity contribution in [3.05, 3.63) is 81.4 Å². The van der Waals surface area contributed by atoms with Crippen LogP contribution in [-0.2, 0) is 17.9 Å². The van der Waals surface area contributed by atoms with Gasteiger partial charge in [-0.3, -0.25) is 4.79 Å². The summed E-state index contributed by atoms with van der Waals surface area (Å²) in [5.74, 6) is 1.17. The van der Waals surface area contributed by atoms with E-state index in [9.17, 15) is 4.79 Å². The standard InChI is InChI=1S/C27H27BrClN5O/c28-22-17-32-34-25(14-24(33-26(22)34)21-11-4-5-12-23(21)29)30-15-18-7-6-8-19(13-18)16-31-27(35)20-9-2-1-3-10-20/h4-8,11-14,17,20,30H,1-3,9-10,15-16H2,(H,31,35). The van der Waals surface area contributed by atoms with Crippen LogP contribution in [-0.4, -0.2) is 20.5 Å². The maximum Gasteiger partial charge on any atom is 0.223 e. The van der Waals surface area contributed by atoms with Crippen LogP contribution >= 0.6 is 27.5 Å². The molecule has 1 aliphatic carbocycles. The van der Waals surface area contributed by atoms with Crippen LogP contribution in [0.15, 0.2) is 65.3 Å². The first-order chi connectivity index (χ1) is 17.1. The van der Waals surface area contributed by atoms with Gasteiger partial charge in [-0.2, -0.15) is 9.61 Å². The van der Waals surface area contributed by atoms with Gasteiger partial charge in [0.05, 0.1) is 16.4 Å². The fraction of sp³-hybridized carbons (Fsp3) is 0.296. The maximum absolute atomic E-state index is 12.5. The summed E-state index contributed by atoms with van der Waals surface area (Å²) in [5, 5.41) is 11.7. The van der Waals surface area contributed by atoms with Crippen LogP contribution in [0.25, 0.3) is 16.9 Å². The highest BCUT2D eigenvalue weighted by Gasteiger charge is 2.20. The van der Waals surface area contributed by atoms with E-state index < -0.39 is 0 Å². The first-order valence-corrected chi connectivity index (χ1v) is 13.1. The van der Waals surface area contributed by atoms with Crippen LogP contribution in [0.3, 0.4) is 0 Å². The summed E-state index contributed by atoms with van der Waals surface area (Å²) in [7, 11) is 0. The molecule has 6 nitrogen and oxygen atoms in total. The molecule has 2 N–H and O–H groups in total. The van der Waals surface area contributed by atoms with Gasteiger partial charge in [-0.05, 0) is 46.0 Å². The predicted octanol–water partition coefficient (Wildman–Crippen LogP) is 6.62. The lowest BCUT2D eigenvalue weighted by atomic mass is 9.88. The third-order valence-corrected chi connectivity index (χ3v) is 7.38. The Morgan fingerprint density at radius 2 is 1.80 bits per heavy atom. The summed E-state index contributed by atoms with van der Waals surface area (Å²) >= 11 is 9.99. The summed E-state index contributed by atoms with van der Waals surface area (Å²) < 4.78 is 2.59. The zero-order valence-electron chi connectivity index (χ0n) is 19.3. The average molecular weight is 553 g/mol. The molecule has 2 aromatic carbocycles. The van der Waals surface area contributed by atoms with Crippen molar-refractivity contribution in [3.63, 3.8) is 0 Å². The number of nitrogens with one attached hydrogen (secondary N) is 2. The van der Waals surface area contributed by atoms with Crippen molar-refractivity contribution in [3.8, 4) is 11.3 Å². The molecule has 2 heterocycles. The molecule has 1 saturated carbocycles. The van der Waals surface area contributed by atoms with Crippen LogP contribution in [0, 0.1) is 5.92 Å². The van der Waals surface area contributed by atoms with E-state index >= 15 is 0 Å². The van der Waals surface area contributed by atoms with Crippen LogP contribution < -0.4 is 10.6 Å². The largest absolute Gasteiger partial charge is 0.366 e. The molecule has 35 heavy (non-hydrogen) atoms. The SMILES string of the molecule is O=C(NCc1cccc(CNc2cc(-c3ccccc3Cl)nc3c(Br)cnn23)c1)C1CCCCC1. The Morgan fingerprint density at radius 3 is 2.60 bits per heavy atom. The molecule has 1 amide bonds. The number of fused-ring (bicyclic) bond motifs is 1. The summed E-state index contributed by atoms with van der Waals surface area (Å²) in [4.78, 5) is 17.3. The summed E-state index contributed by atoms with van der Waals surface area (Å²) in [5.41, 5.74) is 4.55. The maximum atomic E-state index is 12.5. The number of hydrogen-bond donors (Lipinski definition) is 2. The van der Waals surface area contributed by atoms with E-state index in [2.05, 4.69) is 49.9 Å². The third-order valence-electron chi connectivity index (χ3n) is 6.49. The van der Waals surface area contributed by atoms with E-state index in [1.54, 1.807) is 10.7 Å². The number of nitrogens with zero attached hydrogens (tertiary/aromatic N) is 3. The quantitative estimate of drug-likeness (QED) is 0.270. The number of amides is 1. The molecule has 8 heteroatoms. The highest BCUT2D eigenvalue weighted by molar-refractivity contribution is 9.10. The number of carbonyl (C=O) groups is 1. The molecular formula is C27H27BrClN5O. The number of carbonyl (C=O) groups excluding carboxylic acids is 1. The predicted molar refractivity (Wildman–Crippen MR) is 143 cm³/mol. The Hall–Kier alpha value is -2.90. The van der Waals surface area contributed by atoms with E-state index in [-0.39, 0.29) is 11.8 Å². The molecule has 180 valence electrons. The van der Waals surface area contributed by atoms with Crippen molar-refractivity contribution in [2.75, 3.05) is 5.32 Å². The summed E-state index contributed by atoms with van der Waals surface area (Å²) in [6.07, 6.45) is 7.32. The van der Waals surface area contributed by atoms with E-state index in [0.29, 0.717) is 23.8 Å². The molecule has 0 unspecified atom stereocenters. The number of rotatable bonds is 7. The van der Waals surface area contributed by atoms with Gasteiger partial charge in [-0.1, -0.05) is 73.3 Å². The molecule has 1 fully saturated rings. The van der Waals surface area contributed by atoms with E-state index in [1.807, 2.05) is 36.4 Å². The molecule has 0 atom stereocenters. The monoisotopic (exact) mass is 551 g/mol. The van der Waals surface area contributed by atoms with Gasteiger partial charge in [0.1, 0.15) is 5.82 Å². The van der Waals surface area contributed by atoms with Crippen molar-refractivity contribution in [1.82, 2.24) is 19.9 Å². The fourth-order valence-electron chi connectivity index (χ4n) is 4.61. The third kappa shape index (κ3) is 5.52. The molecule has 5 rings (SSSR count). The lowest BCUT2D eigenvalue weighted by Gasteiger charge is -2.20. The van der Waals surface area contributed by atoms with Gasteiger partial charge in [0.15, 0.2) is 5.65 Å². The minimum Gasteiger partial charge on any atom is -0.366 e. The zero-order chi connectivity index (χ0) is 24.2. The smallest absolute Gasteiger partial charge is 0.223 e. The summed E-state index contributed by atoms with van der Waals surface area (Å²) in [6, 6.07) is 17.9. The van der Waals surface area contributed by atoms with E-state index in [0.717, 1.165) is 58.4 Å². The second kappa shape index (κ2) is 10.8. The van der Waals surface area contributed by atoms with Crippen molar-refractivity contribution in [2.24, 2.45) is 5.92 Å². The van der Waals surface area contributed by atoms with Crippen molar-refractivity contribution in [1.29, 1.82) is 0 Å². The number of benzene rings is 2.